The van der Waals surface area contributed by atoms with Gasteiger partial charge in [-0.3, -0.25) is 4.79 Å². The van der Waals surface area contributed by atoms with Gasteiger partial charge in [-0.2, -0.15) is 0 Å². The lowest BCUT2D eigenvalue weighted by Crippen LogP contribution is -2.07. The number of hydrogen-bond acceptors (Lipinski definition) is 2. The molecule has 1 aliphatic carbocycles. The monoisotopic (exact) mass is 303 g/mol. The minimum Gasteiger partial charge on any atom is -0.378 e. The molecule has 1 aliphatic rings. The smallest absolute Gasteiger partial charge is 0.160 e. The SMILES string of the molecule is CN(C)c1ccc(C=CC(=O)Cc2ccc3c(c2)C=CC3)cc1. The molecular weight excluding hydrogens is 282 g/mol. The van der Waals surface area contributed by atoms with Gasteiger partial charge in [0, 0.05) is 26.2 Å². The highest BCUT2D eigenvalue weighted by atomic mass is 16.1. The van der Waals surface area contributed by atoms with Crippen molar-refractivity contribution < 1.29 is 4.79 Å². The first-order valence-electron chi connectivity index (χ1n) is 7.88. The van der Waals surface area contributed by atoms with Gasteiger partial charge in [-0.25, -0.2) is 0 Å². The van der Waals surface area contributed by atoms with Crippen LogP contribution in [-0.2, 0) is 17.6 Å². The van der Waals surface area contributed by atoms with Gasteiger partial charge in [-0.05, 0) is 46.9 Å². The number of nitrogens with zero attached hydrogens (tertiary/aromatic N) is 1. The van der Waals surface area contributed by atoms with Crippen molar-refractivity contribution in [2.24, 2.45) is 0 Å². The molecule has 2 heteroatoms. The molecule has 0 aliphatic heterocycles. The average molecular weight is 303 g/mol. The molecule has 0 atom stereocenters. The van der Waals surface area contributed by atoms with Crippen LogP contribution < -0.4 is 4.90 Å². The number of allylic oxidation sites excluding steroid dienone is 2. The molecule has 116 valence electrons. The van der Waals surface area contributed by atoms with E-state index in [1.807, 2.05) is 32.3 Å². The molecule has 0 heterocycles. The second kappa shape index (κ2) is 6.66. The normalized spacial score (nSPS) is 12.6. The Kier molecular flexibility index (Phi) is 4.42. The number of hydrogen-bond donors (Lipinski definition) is 0. The number of benzene rings is 2. The summed E-state index contributed by atoms with van der Waals surface area (Å²) in [6.07, 6.45) is 9.31. The van der Waals surface area contributed by atoms with Crippen LogP contribution in [0.2, 0.25) is 0 Å². The number of carbonyl (C=O) groups excluding carboxylic acids is 1. The van der Waals surface area contributed by atoms with E-state index >= 15 is 0 Å². The van der Waals surface area contributed by atoms with Crippen LogP contribution in [0.1, 0.15) is 22.3 Å². The zero-order valence-corrected chi connectivity index (χ0v) is 13.6. The van der Waals surface area contributed by atoms with Crippen LogP contribution in [0.4, 0.5) is 5.69 Å². The summed E-state index contributed by atoms with van der Waals surface area (Å²) >= 11 is 0. The maximum atomic E-state index is 12.1. The van der Waals surface area contributed by atoms with Crippen molar-refractivity contribution in [2.45, 2.75) is 12.8 Å². The third kappa shape index (κ3) is 3.78. The molecule has 23 heavy (non-hydrogen) atoms. The molecule has 2 nitrogen and oxygen atoms in total. The summed E-state index contributed by atoms with van der Waals surface area (Å²) in [5.74, 6) is 0.128. The van der Waals surface area contributed by atoms with E-state index in [9.17, 15) is 4.79 Å². The Balaban J connectivity index is 1.63. The zero-order valence-electron chi connectivity index (χ0n) is 13.6. The Morgan fingerprint density at radius 2 is 1.91 bits per heavy atom. The number of carbonyl (C=O) groups is 1. The molecule has 0 bridgehead atoms. The summed E-state index contributed by atoms with van der Waals surface area (Å²) in [6, 6.07) is 14.5. The van der Waals surface area contributed by atoms with E-state index in [0.29, 0.717) is 6.42 Å². The first-order chi connectivity index (χ1) is 11.1. The Labute approximate surface area is 137 Å². The lowest BCUT2D eigenvalue weighted by atomic mass is 10.0. The molecule has 0 radical (unpaired) electrons. The number of anilines is 1. The molecule has 0 unspecified atom stereocenters. The van der Waals surface area contributed by atoms with Crippen molar-refractivity contribution in [1.82, 2.24) is 0 Å². The molecule has 2 aromatic rings. The summed E-state index contributed by atoms with van der Waals surface area (Å²) in [5, 5.41) is 0. The lowest BCUT2D eigenvalue weighted by Gasteiger charge is -2.11. The molecule has 0 saturated carbocycles. The summed E-state index contributed by atoms with van der Waals surface area (Å²) in [4.78, 5) is 14.2. The average Bonchev–Trinajstić information content (AvgIpc) is 3.01. The maximum Gasteiger partial charge on any atom is 0.160 e. The van der Waals surface area contributed by atoms with E-state index in [1.54, 1.807) is 6.08 Å². The van der Waals surface area contributed by atoms with Crippen LogP contribution in [0, 0.1) is 0 Å². The van der Waals surface area contributed by atoms with Crippen molar-refractivity contribution in [3.05, 3.63) is 76.9 Å². The third-order valence-corrected chi connectivity index (χ3v) is 4.09. The molecule has 0 fully saturated rings. The summed E-state index contributed by atoms with van der Waals surface area (Å²) in [7, 11) is 4.03. The lowest BCUT2D eigenvalue weighted by molar-refractivity contribution is -0.113. The fraction of sp³-hybridized carbons (Fsp3) is 0.190. The van der Waals surface area contributed by atoms with Gasteiger partial charge in [0.25, 0.3) is 0 Å². The highest BCUT2D eigenvalue weighted by Gasteiger charge is 2.07. The van der Waals surface area contributed by atoms with Crippen molar-refractivity contribution >= 4 is 23.6 Å². The van der Waals surface area contributed by atoms with E-state index in [2.05, 4.69) is 47.4 Å². The summed E-state index contributed by atoms with van der Waals surface area (Å²) < 4.78 is 0. The van der Waals surface area contributed by atoms with Crippen LogP contribution in [0.5, 0.6) is 0 Å². The highest BCUT2D eigenvalue weighted by Crippen LogP contribution is 2.21. The fourth-order valence-corrected chi connectivity index (χ4v) is 2.74. The Morgan fingerprint density at radius 3 is 2.65 bits per heavy atom. The van der Waals surface area contributed by atoms with Gasteiger partial charge in [-0.1, -0.05) is 48.6 Å². The zero-order chi connectivity index (χ0) is 16.2. The number of rotatable bonds is 5. The van der Waals surface area contributed by atoms with E-state index in [1.165, 1.54) is 11.1 Å². The quantitative estimate of drug-likeness (QED) is 0.774. The van der Waals surface area contributed by atoms with Crippen molar-refractivity contribution in [2.75, 3.05) is 19.0 Å². The van der Waals surface area contributed by atoms with Gasteiger partial charge in [0.2, 0.25) is 0 Å². The van der Waals surface area contributed by atoms with E-state index < -0.39 is 0 Å². The topological polar surface area (TPSA) is 20.3 Å². The predicted molar refractivity (Wildman–Crippen MR) is 97.7 cm³/mol. The van der Waals surface area contributed by atoms with E-state index in [4.69, 9.17) is 0 Å². The second-order valence-electron chi connectivity index (χ2n) is 6.10. The Morgan fingerprint density at radius 1 is 1.13 bits per heavy atom. The van der Waals surface area contributed by atoms with Gasteiger partial charge >= 0.3 is 0 Å². The van der Waals surface area contributed by atoms with Gasteiger partial charge < -0.3 is 4.90 Å². The highest BCUT2D eigenvalue weighted by molar-refractivity contribution is 5.95. The van der Waals surface area contributed by atoms with Crippen LogP contribution in [-0.4, -0.2) is 19.9 Å². The summed E-state index contributed by atoms with van der Waals surface area (Å²) in [5.41, 5.74) is 5.87. The molecular formula is C21H21NO. The van der Waals surface area contributed by atoms with Gasteiger partial charge in [0.1, 0.15) is 0 Å². The van der Waals surface area contributed by atoms with Crippen LogP contribution in [0.25, 0.3) is 12.2 Å². The molecule has 0 N–H and O–H groups in total. The predicted octanol–water partition coefficient (Wildman–Crippen LogP) is 4.15. The van der Waals surface area contributed by atoms with Crippen LogP contribution in [0.15, 0.2) is 54.6 Å². The number of fused-ring (bicyclic) bond motifs is 1. The van der Waals surface area contributed by atoms with Gasteiger partial charge in [0.15, 0.2) is 5.78 Å². The first kappa shape index (κ1) is 15.3. The first-order valence-corrected chi connectivity index (χ1v) is 7.88. The summed E-state index contributed by atoms with van der Waals surface area (Å²) in [6.45, 7) is 0. The standard InChI is InChI=1S/C21H21NO/c1-22(2)20-11-7-16(8-12-20)9-13-21(23)15-17-6-10-18-4-3-5-19(18)14-17/h3,5-14H,4,15H2,1-2H3. The fourth-order valence-electron chi connectivity index (χ4n) is 2.74. The molecule has 2 aromatic carbocycles. The second-order valence-corrected chi connectivity index (χ2v) is 6.10. The molecule has 3 rings (SSSR count). The molecule has 0 aromatic heterocycles. The van der Waals surface area contributed by atoms with Crippen LogP contribution in [0.3, 0.4) is 0 Å². The van der Waals surface area contributed by atoms with Crippen molar-refractivity contribution in [3.8, 4) is 0 Å². The maximum absolute atomic E-state index is 12.1. The largest absolute Gasteiger partial charge is 0.378 e. The Hall–Kier alpha value is -2.61. The van der Waals surface area contributed by atoms with Crippen molar-refractivity contribution in [3.63, 3.8) is 0 Å². The van der Waals surface area contributed by atoms with E-state index in [-0.39, 0.29) is 5.78 Å². The van der Waals surface area contributed by atoms with E-state index in [0.717, 1.165) is 23.2 Å². The van der Waals surface area contributed by atoms with Crippen LogP contribution >= 0.6 is 0 Å². The molecule has 0 spiro atoms. The third-order valence-electron chi connectivity index (χ3n) is 4.09. The van der Waals surface area contributed by atoms with Gasteiger partial charge in [0.05, 0.1) is 0 Å². The van der Waals surface area contributed by atoms with Gasteiger partial charge in [-0.15, -0.1) is 0 Å². The molecule has 0 saturated heterocycles. The minimum atomic E-state index is 0.128. The number of ketones is 1. The Bertz CT molecular complexity index is 767. The van der Waals surface area contributed by atoms with Crippen molar-refractivity contribution in [1.29, 1.82) is 0 Å². The minimum absolute atomic E-state index is 0.128. The molecule has 0 amide bonds.